The summed E-state index contributed by atoms with van der Waals surface area (Å²) in [6.45, 7) is 4.24. The highest BCUT2D eigenvalue weighted by atomic mass is 16.5. The number of nitrogens with one attached hydrogen (secondary N) is 1. The summed E-state index contributed by atoms with van der Waals surface area (Å²) in [6, 6.07) is 28.8. The van der Waals surface area contributed by atoms with E-state index in [1.807, 2.05) is 36.4 Å². The average Bonchev–Trinajstić information content (AvgIpc) is 3.02. The molecule has 2 aliphatic heterocycles. The fourth-order valence-corrected chi connectivity index (χ4v) is 4.52. The summed E-state index contributed by atoms with van der Waals surface area (Å²) in [5.41, 5.74) is 4.31. The van der Waals surface area contributed by atoms with Crippen LogP contribution < -0.4 is 24.3 Å². The largest absolute Gasteiger partial charge is 0.488 e. The Morgan fingerprint density at radius 3 is 1.51 bits per heavy atom. The van der Waals surface area contributed by atoms with E-state index in [9.17, 15) is 19.2 Å². The van der Waals surface area contributed by atoms with E-state index >= 15 is 0 Å². The Labute approximate surface area is 273 Å². The smallest absolute Gasteiger partial charge is 0.328 e. The molecule has 0 radical (unpaired) electrons. The van der Waals surface area contributed by atoms with Crippen molar-refractivity contribution in [2.45, 2.75) is 52.4 Å². The van der Waals surface area contributed by atoms with Gasteiger partial charge in [0.25, 0.3) is 0 Å². The van der Waals surface area contributed by atoms with E-state index in [1.54, 1.807) is 48.5 Å². The molecule has 0 aromatic heterocycles. The van der Waals surface area contributed by atoms with Crippen LogP contribution in [-0.4, -0.2) is 37.0 Å². The lowest BCUT2D eigenvalue weighted by Gasteiger charge is -2.18. The highest BCUT2D eigenvalue weighted by Crippen LogP contribution is 2.28. The van der Waals surface area contributed by atoms with E-state index in [2.05, 4.69) is 17.4 Å². The number of ether oxygens (including phenoxy) is 5. The van der Waals surface area contributed by atoms with Crippen LogP contribution in [0.25, 0.3) is 0 Å². The first-order chi connectivity index (χ1) is 22.7. The number of carbonyl (C=O) groups excluding carboxylic acids is 4. The molecule has 10 nitrogen and oxygen atoms in total. The Hall–Kier alpha value is -5.64. The summed E-state index contributed by atoms with van der Waals surface area (Å²) in [5, 5.41) is 2.70. The number of amides is 1. The summed E-state index contributed by atoms with van der Waals surface area (Å²) in [5.74, 6) is 1.26. The highest BCUT2D eigenvalue weighted by molar-refractivity contribution is 5.84. The van der Waals surface area contributed by atoms with Crippen LogP contribution in [0.3, 0.4) is 0 Å². The van der Waals surface area contributed by atoms with Crippen molar-refractivity contribution in [2.75, 3.05) is 7.11 Å². The van der Waals surface area contributed by atoms with Crippen LogP contribution in [0, 0.1) is 0 Å². The number of esters is 3. The molecular formula is C37H37NO9. The monoisotopic (exact) mass is 639 g/mol. The van der Waals surface area contributed by atoms with Gasteiger partial charge in [-0.15, -0.1) is 0 Å². The molecule has 2 heterocycles. The molecule has 2 aliphatic rings. The predicted octanol–water partition coefficient (Wildman–Crippen LogP) is 5.53. The molecular weight excluding hydrogens is 602 g/mol. The number of benzene rings is 4. The van der Waals surface area contributed by atoms with Crippen LogP contribution in [0.5, 0.6) is 23.0 Å². The maximum Gasteiger partial charge on any atom is 0.328 e. The van der Waals surface area contributed by atoms with Crippen LogP contribution in [0.2, 0.25) is 0 Å². The molecule has 244 valence electrons. The Morgan fingerprint density at radius 2 is 1.15 bits per heavy atom. The third-order valence-corrected chi connectivity index (χ3v) is 6.98. The lowest BCUT2D eigenvalue weighted by Crippen LogP contribution is -2.43. The normalized spacial score (nSPS) is 12.0. The van der Waals surface area contributed by atoms with Gasteiger partial charge in [0.1, 0.15) is 42.3 Å². The fourth-order valence-electron chi connectivity index (χ4n) is 4.52. The van der Waals surface area contributed by atoms with Crippen molar-refractivity contribution in [3.8, 4) is 23.0 Å². The lowest BCUT2D eigenvalue weighted by molar-refractivity contribution is -0.145. The van der Waals surface area contributed by atoms with E-state index in [0.29, 0.717) is 17.9 Å². The molecule has 0 saturated carbocycles. The summed E-state index contributed by atoms with van der Waals surface area (Å²) >= 11 is 0. The molecule has 1 atom stereocenters. The van der Waals surface area contributed by atoms with Gasteiger partial charge in [0.15, 0.2) is 0 Å². The molecule has 47 heavy (non-hydrogen) atoms. The van der Waals surface area contributed by atoms with Crippen LogP contribution in [0.4, 0.5) is 0 Å². The minimum Gasteiger partial charge on any atom is -0.488 e. The van der Waals surface area contributed by atoms with Gasteiger partial charge in [-0.25, -0.2) is 4.79 Å². The number of aryl methyl sites for hydroxylation is 1. The molecule has 4 aromatic rings. The highest BCUT2D eigenvalue weighted by Gasteiger charge is 2.22. The second-order valence-electron chi connectivity index (χ2n) is 10.6. The molecule has 0 bridgehead atoms. The van der Waals surface area contributed by atoms with Crippen molar-refractivity contribution >= 4 is 23.8 Å². The van der Waals surface area contributed by atoms with Gasteiger partial charge in [0.05, 0.1) is 7.11 Å². The molecule has 6 rings (SSSR count). The minimum atomic E-state index is -0.844. The topological polar surface area (TPSA) is 126 Å². The second kappa shape index (κ2) is 17.2. The summed E-state index contributed by atoms with van der Waals surface area (Å²) in [4.78, 5) is 46.4. The zero-order chi connectivity index (χ0) is 33.6. The van der Waals surface area contributed by atoms with Crippen molar-refractivity contribution in [3.05, 3.63) is 119 Å². The molecule has 1 unspecified atom stereocenters. The molecule has 1 amide bonds. The molecule has 1 N–H and O–H groups in total. The molecule has 0 aliphatic carbocycles. The maximum atomic E-state index is 12.4. The fraction of sp³-hybridized carbons (Fsp3) is 0.243. The van der Waals surface area contributed by atoms with Crippen molar-refractivity contribution < 1.29 is 42.9 Å². The van der Waals surface area contributed by atoms with E-state index in [4.69, 9.17) is 23.7 Å². The van der Waals surface area contributed by atoms with Crippen molar-refractivity contribution in [3.63, 3.8) is 0 Å². The maximum absolute atomic E-state index is 12.4. The first-order valence-corrected chi connectivity index (χ1v) is 15.0. The molecule has 0 saturated heterocycles. The zero-order valence-electron chi connectivity index (χ0n) is 26.5. The molecule has 4 aromatic carbocycles. The number of para-hydroxylation sites is 2. The van der Waals surface area contributed by atoms with Crippen LogP contribution in [0.15, 0.2) is 97.1 Å². The summed E-state index contributed by atoms with van der Waals surface area (Å²) < 4.78 is 24.9. The van der Waals surface area contributed by atoms with Crippen molar-refractivity contribution in [1.82, 2.24) is 5.32 Å². The van der Waals surface area contributed by atoms with Gasteiger partial charge >= 0.3 is 17.9 Å². The third kappa shape index (κ3) is 11.0. The van der Waals surface area contributed by atoms with Gasteiger partial charge in [0, 0.05) is 37.8 Å². The van der Waals surface area contributed by atoms with Gasteiger partial charge in [-0.3, -0.25) is 14.4 Å². The standard InChI is InChI=1S/C23H25NO7.2C7H6O/c1-15(25)30-19-9-4-17(5-10-19)8-13-22(27)24-21(23(28)29-3)14-18-6-11-20(12-7-18)31-16(2)26;2*1-2-4-7-6(3-1)5-8-7/h4-7,9-12,21H,8,13-14H2,1-3H3,(H,24,27);2*1-4H,5H2. The first kappa shape index (κ1) is 34.2. The number of hydrogen-bond acceptors (Lipinski definition) is 9. The number of carbonyl (C=O) groups is 4. The SMILES string of the molecule is COC(=O)C(Cc1ccc(OC(C)=O)cc1)NC(=O)CCc1ccc(OC(C)=O)cc1.c1ccc2c(c1)CO2.c1ccc2c(c1)CO2. The number of rotatable bonds is 9. The van der Waals surface area contributed by atoms with Crippen molar-refractivity contribution in [2.24, 2.45) is 0 Å². The van der Waals surface area contributed by atoms with Gasteiger partial charge in [-0.05, 0) is 53.9 Å². The third-order valence-electron chi connectivity index (χ3n) is 6.98. The Bertz CT molecular complexity index is 1570. The second-order valence-corrected chi connectivity index (χ2v) is 10.6. The summed E-state index contributed by atoms with van der Waals surface area (Å²) in [6.07, 6.45) is 0.860. The van der Waals surface area contributed by atoms with Crippen LogP contribution in [0.1, 0.15) is 42.5 Å². The molecule has 0 fully saturated rings. The van der Waals surface area contributed by atoms with E-state index < -0.39 is 23.9 Å². The number of fused-ring (bicyclic) bond motifs is 2. The van der Waals surface area contributed by atoms with Crippen LogP contribution >= 0.6 is 0 Å². The van der Waals surface area contributed by atoms with E-state index in [0.717, 1.165) is 35.8 Å². The lowest BCUT2D eigenvalue weighted by atomic mass is 10.0. The number of methoxy groups -OCH3 is 1. The molecule has 0 spiro atoms. The summed E-state index contributed by atoms with van der Waals surface area (Å²) in [7, 11) is 1.26. The van der Waals surface area contributed by atoms with Crippen LogP contribution in [-0.2, 0) is 50.0 Å². The van der Waals surface area contributed by atoms with Crippen molar-refractivity contribution in [1.29, 1.82) is 0 Å². The Morgan fingerprint density at radius 1 is 0.681 bits per heavy atom. The van der Waals surface area contributed by atoms with Gasteiger partial charge in [-0.1, -0.05) is 60.7 Å². The van der Waals surface area contributed by atoms with Gasteiger partial charge in [0.2, 0.25) is 5.91 Å². The Kier molecular flexibility index (Phi) is 12.5. The molecule has 10 heteroatoms. The van der Waals surface area contributed by atoms with Gasteiger partial charge in [-0.2, -0.15) is 0 Å². The predicted molar refractivity (Wildman–Crippen MR) is 173 cm³/mol. The zero-order valence-corrected chi connectivity index (χ0v) is 26.5. The first-order valence-electron chi connectivity index (χ1n) is 15.0. The Balaban J connectivity index is 0.000000246. The minimum absolute atomic E-state index is 0.172. The van der Waals surface area contributed by atoms with E-state index in [1.165, 1.54) is 32.1 Å². The quantitative estimate of drug-likeness (QED) is 0.186. The number of hydrogen-bond donors (Lipinski definition) is 1. The van der Waals surface area contributed by atoms with E-state index in [-0.39, 0.29) is 18.7 Å². The van der Waals surface area contributed by atoms with Gasteiger partial charge < -0.3 is 29.0 Å². The average molecular weight is 640 g/mol.